The Morgan fingerprint density at radius 1 is 1.53 bits per heavy atom. The molecular weight excluding hydrogens is 258 g/mol. The largest absolute Gasteiger partial charge is 0.493 e. The third-order valence-electron chi connectivity index (χ3n) is 2.40. The van der Waals surface area contributed by atoms with E-state index in [1.54, 1.807) is 13.2 Å². The van der Waals surface area contributed by atoms with E-state index in [1.807, 2.05) is 13.0 Å². The van der Waals surface area contributed by atoms with Crippen LogP contribution in [-0.2, 0) is 0 Å². The molecule has 0 aliphatic heterocycles. The van der Waals surface area contributed by atoms with Crippen LogP contribution in [0.1, 0.15) is 29.4 Å². The van der Waals surface area contributed by atoms with E-state index in [2.05, 4.69) is 4.98 Å². The van der Waals surface area contributed by atoms with Crippen molar-refractivity contribution in [2.75, 3.05) is 7.11 Å². The number of carbonyl (C=O) groups is 1. The summed E-state index contributed by atoms with van der Waals surface area (Å²) in [6.07, 6.45) is 1.42. The van der Waals surface area contributed by atoms with Crippen LogP contribution in [0.2, 0.25) is 5.15 Å². The van der Waals surface area contributed by atoms with Crippen molar-refractivity contribution >= 4 is 38.9 Å². The Morgan fingerprint density at radius 2 is 2.29 bits per heavy atom. The Bertz CT molecular complexity index is 565. The summed E-state index contributed by atoms with van der Waals surface area (Å²) < 4.78 is 6.02. The fourth-order valence-electron chi connectivity index (χ4n) is 1.56. The van der Waals surface area contributed by atoms with Gasteiger partial charge in [-0.3, -0.25) is 4.79 Å². The molecule has 0 saturated heterocycles. The van der Waals surface area contributed by atoms with Gasteiger partial charge in [-0.15, -0.1) is 11.3 Å². The zero-order valence-corrected chi connectivity index (χ0v) is 11.2. The molecule has 0 atom stereocenters. The van der Waals surface area contributed by atoms with Crippen LogP contribution in [0.4, 0.5) is 0 Å². The Balaban J connectivity index is 2.47. The number of thiophene rings is 1. The van der Waals surface area contributed by atoms with Crippen molar-refractivity contribution in [1.29, 1.82) is 0 Å². The normalized spacial score (nSPS) is 10.8. The Labute approximate surface area is 108 Å². The molecule has 0 unspecified atom stereocenters. The van der Waals surface area contributed by atoms with Gasteiger partial charge in [0.1, 0.15) is 0 Å². The minimum absolute atomic E-state index is 0.158. The number of methoxy groups -OCH3 is 1. The molecule has 0 bridgehead atoms. The van der Waals surface area contributed by atoms with Crippen molar-refractivity contribution in [3.8, 4) is 5.75 Å². The zero-order chi connectivity index (χ0) is 12.4. The van der Waals surface area contributed by atoms with Gasteiger partial charge in [0.15, 0.2) is 16.7 Å². The molecule has 0 radical (unpaired) electrons. The van der Waals surface area contributed by atoms with Gasteiger partial charge >= 0.3 is 0 Å². The molecule has 0 amide bonds. The first kappa shape index (κ1) is 12.3. The number of rotatable bonds is 4. The summed E-state index contributed by atoms with van der Waals surface area (Å²) in [6.45, 7) is 1.99. The average Bonchev–Trinajstić information content (AvgIpc) is 2.71. The van der Waals surface area contributed by atoms with Crippen molar-refractivity contribution in [2.24, 2.45) is 0 Å². The van der Waals surface area contributed by atoms with E-state index in [0.29, 0.717) is 17.3 Å². The number of Topliss-reactive ketones (excluding diaryl/α,β-unsaturated/α-hetero) is 1. The molecule has 2 aromatic heterocycles. The number of nitrogens with zero attached hydrogens (tertiary/aromatic N) is 1. The van der Waals surface area contributed by atoms with E-state index in [0.717, 1.165) is 21.5 Å². The van der Waals surface area contributed by atoms with Gasteiger partial charge in [-0.1, -0.05) is 18.5 Å². The number of carbonyl (C=O) groups excluding carboxylic acids is 1. The fourth-order valence-corrected chi connectivity index (χ4v) is 2.78. The van der Waals surface area contributed by atoms with E-state index in [9.17, 15) is 4.79 Å². The number of fused-ring (bicyclic) bond motifs is 1. The van der Waals surface area contributed by atoms with E-state index in [1.165, 1.54) is 11.3 Å². The van der Waals surface area contributed by atoms with Gasteiger partial charge < -0.3 is 4.74 Å². The predicted molar refractivity (Wildman–Crippen MR) is 70.4 cm³/mol. The maximum absolute atomic E-state index is 11.8. The molecule has 0 N–H and O–H groups in total. The van der Waals surface area contributed by atoms with Crippen LogP contribution in [0.25, 0.3) is 10.2 Å². The molecule has 0 saturated carbocycles. The van der Waals surface area contributed by atoms with E-state index >= 15 is 0 Å². The molecular formula is C12H12ClNO2S. The number of hydrogen-bond donors (Lipinski definition) is 0. The lowest BCUT2D eigenvalue weighted by molar-refractivity contribution is 0.0985. The zero-order valence-electron chi connectivity index (χ0n) is 9.62. The van der Waals surface area contributed by atoms with Gasteiger partial charge in [-0.05, 0) is 12.5 Å². The molecule has 2 rings (SSSR count). The maximum Gasteiger partial charge on any atom is 0.172 e. The molecule has 0 fully saturated rings. The number of ketones is 1. The topological polar surface area (TPSA) is 39.2 Å². The summed E-state index contributed by atoms with van der Waals surface area (Å²) >= 11 is 7.37. The minimum atomic E-state index is 0.158. The first-order chi connectivity index (χ1) is 8.15. The maximum atomic E-state index is 11.8. The van der Waals surface area contributed by atoms with Crippen LogP contribution in [0.3, 0.4) is 0 Å². The second-order valence-electron chi connectivity index (χ2n) is 3.65. The lowest BCUT2D eigenvalue weighted by Gasteiger charge is -2.00. The van der Waals surface area contributed by atoms with Crippen molar-refractivity contribution in [3.05, 3.63) is 22.2 Å². The second-order valence-corrected chi connectivity index (χ2v) is 5.09. The Hall–Kier alpha value is -1.13. The average molecular weight is 270 g/mol. The standard InChI is InChI=1S/C12H12ClNO2S/c1-3-4-8(15)11-5-7-10(17-11)6-9(16-2)12(13)14-7/h5-6H,3-4H2,1-2H3. The van der Waals surface area contributed by atoms with E-state index < -0.39 is 0 Å². The lowest BCUT2D eigenvalue weighted by Crippen LogP contribution is -1.93. The predicted octanol–water partition coefficient (Wildman–Crippen LogP) is 3.94. The monoisotopic (exact) mass is 269 g/mol. The first-order valence-electron chi connectivity index (χ1n) is 5.33. The van der Waals surface area contributed by atoms with Crippen LogP contribution in [0.5, 0.6) is 5.75 Å². The van der Waals surface area contributed by atoms with E-state index in [-0.39, 0.29) is 5.78 Å². The van der Waals surface area contributed by atoms with Crippen LogP contribution in [-0.4, -0.2) is 17.9 Å². The number of pyridine rings is 1. The third kappa shape index (κ3) is 2.42. The summed E-state index contributed by atoms with van der Waals surface area (Å²) in [5, 5.41) is 0.326. The lowest BCUT2D eigenvalue weighted by atomic mass is 10.2. The van der Waals surface area contributed by atoms with Gasteiger partial charge in [0.25, 0.3) is 0 Å². The molecule has 0 spiro atoms. The molecule has 17 heavy (non-hydrogen) atoms. The third-order valence-corrected chi connectivity index (χ3v) is 3.78. The van der Waals surface area contributed by atoms with Gasteiger partial charge in [0, 0.05) is 12.5 Å². The smallest absolute Gasteiger partial charge is 0.172 e. The highest BCUT2D eigenvalue weighted by molar-refractivity contribution is 7.20. The molecule has 0 aliphatic carbocycles. The molecule has 0 aliphatic rings. The number of aromatic nitrogens is 1. The summed E-state index contributed by atoms with van der Waals surface area (Å²) in [7, 11) is 1.55. The van der Waals surface area contributed by atoms with Crippen molar-refractivity contribution in [3.63, 3.8) is 0 Å². The Kier molecular flexibility index (Phi) is 3.64. The Morgan fingerprint density at radius 3 is 2.94 bits per heavy atom. The summed E-state index contributed by atoms with van der Waals surface area (Å²) in [4.78, 5) is 16.7. The first-order valence-corrected chi connectivity index (χ1v) is 6.52. The molecule has 3 nitrogen and oxygen atoms in total. The highest BCUT2D eigenvalue weighted by Crippen LogP contribution is 2.32. The highest BCUT2D eigenvalue weighted by Gasteiger charge is 2.12. The van der Waals surface area contributed by atoms with Crippen molar-refractivity contribution in [1.82, 2.24) is 4.98 Å². The molecule has 2 aromatic rings. The highest BCUT2D eigenvalue weighted by atomic mass is 35.5. The molecule has 0 aromatic carbocycles. The molecule has 5 heteroatoms. The summed E-state index contributed by atoms with van der Waals surface area (Å²) in [5.41, 5.74) is 0.750. The van der Waals surface area contributed by atoms with Crippen LogP contribution >= 0.6 is 22.9 Å². The van der Waals surface area contributed by atoms with Crippen molar-refractivity contribution in [2.45, 2.75) is 19.8 Å². The van der Waals surface area contributed by atoms with Gasteiger partial charge in [-0.2, -0.15) is 0 Å². The van der Waals surface area contributed by atoms with E-state index in [4.69, 9.17) is 16.3 Å². The van der Waals surface area contributed by atoms with Crippen LogP contribution in [0, 0.1) is 0 Å². The van der Waals surface area contributed by atoms with Crippen LogP contribution in [0.15, 0.2) is 12.1 Å². The van der Waals surface area contributed by atoms with Gasteiger partial charge in [-0.25, -0.2) is 4.98 Å². The second kappa shape index (κ2) is 5.02. The van der Waals surface area contributed by atoms with Crippen LogP contribution < -0.4 is 4.74 Å². The van der Waals surface area contributed by atoms with Gasteiger partial charge in [0.05, 0.1) is 22.2 Å². The summed E-state index contributed by atoms with van der Waals surface area (Å²) in [6, 6.07) is 3.61. The molecule has 90 valence electrons. The SMILES string of the molecule is CCCC(=O)c1cc2nc(Cl)c(OC)cc2s1. The number of ether oxygens (including phenoxy) is 1. The number of halogens is 1. The molecule has 2 heterocycles. The minimum Gasteiger partial charge on any atom is -0.493 e. The fraction of sp³-hybridized carbons (Fsp3) is 0.333. The summed E-state index contributed by atoms with van der Waals surface area (Å²) in [5.74, 6) is 0.695. The van der Waals surface area contributed by atoms with Gasteiger partial charge in [0.2, 0.25) is 0 Å². The quantitative estimate of drug-likeness (QED) is 0.623. The van der Waals surface area contributed by atoms with Crippen molar-refractivity contribution < 1.29 is 9.53 Å². The number of hydrogen-bond acceptors (Lipinski definition) is 4.